The number of carbonyl (C=O) groups is 1. The fourth-order valence-electron chi connectivity index (χ4n) is 2.26. The van der Waals surface area contributed by atoms with Crippen molar-refractivity contribution < 1.29 is 17.9 Å². The van der Waals surface area contributed by atoms with Crippen molar-refractivity contribution in [3.05, 3.63) is 29.3 Å². The number of rotatable bonds is 8. The Morgan fingerprint density at radius 3 is 2.50 bits per heavy atom. The van der Waals surface area contributed by atoms with Gasteiger partial charge in [0.15, 0.2) is 0 Å². The van der Waals surface area contributed by atoms with E-state index >= 15 is 0 Å². The van der Waals surface area contributed by atoms with E-state index in [9.17, 15) is 13.2 Å². The molecule has 1 aliphatic rings. The molecule has 1 fully saturated rings. The number of hydrogen-bond acceptors (Lipinski definition) is 5. The first-order chi connectivity index (χ1) is 11.5. The predicted octanol–water partition coefficient (Wildman–Crippen LogP) is 0.457. The van der Waals surface area contributed by atoms with E-state index in [0.29, 0.717) is 11.6 Å². The lowest BCUT2D eigenvalue weighted by Gasteiger charge is -2.26. The Labute approximate surface area is 147 Å². The number of sulfonamides is 1. The standard InChI is InChI=1S/C15H22ClN3O4S/c16-13-1-3-14(4-2-13)24(21,22)18-6-5-15(20)17-7-8-19-9-11-23-12-10-19/h1-4,18H,5-12H2,(H,17,20). The molecule has 0 saturated carbocycles. The molecule has 1 aromatic rings. The Balaban J connectivity index is 1.65. The number of benzene rings is 1. The molecule has 1 saturated heterocycles. The molecule has 1 aliphatic heterocycles. The highest BCUT2D eigenvalue weighted by Gasteiger charge is 2.14. The molecule has 134 valence electrons. The zero-order valence-electron chi connectivity index (χ0n) is 13.3. The van der Waals surface area contributed by atoms with Crippen LogP contribution < -0.4 is 10.0 Å². The van der Waals surface area contributed by atoms with Gasteiger partial charge in [-0.15, -0.1) is 0 Å². The van der Waals surface area contributed by atoms with Gasteiger partial charge in [0.1, 0.15) is 0 Å². The van der Waals surface area contributed by atoms with Crippen molar-refractivity contribution in [1.29, 1.82) is 0 Å². The van der Waals surface area contributed by atoms with E-state index < -0.39 is 10.0 Å². The normalized spacial score (nSPS) is 16.0. The minimum atomic E-state index is -3.62. The first-order valence-corrected chi connectivity index (χ1v) is 9.65. The molecule has 9 heteroatoms. The van der Waals surface area contributed by atoms with Gasteiger partial charge in [0.25, 0.3) is 0 Å². The van der Waals surface area contributed by atoms with Gasteiger partial charge >= 0.3 is 0 Å². The van der Waals surface area contributed by atoms with Crippen molar-refractivity contribution in [3.63, 3.8) is 0 Å². The number of nitrogens with one attached hydrogen (secondary N) is 2. The van der Waals surface area contributed by atoms with Gasteiger partial charge in [0, 0.05) is 44.2 Å². The highest BCUT2D eigenvalue weighted by Crippen LogP contribution is 2.13. The lowest BCUT2D eigenvalue weighted by molar-refractivity contribution is -0.121. The van der Waals surface area contributed by atoms with Crippen molar-refractivity contribution in [2.75, 3.05) is 45.9 Å². The third kappa shape index (κ3) is 6.37. The van der Waals surface area contributed by atoms with Crippen molar-refractivity contribution >= 4 is 27.5 Å². The SMILES string of the molecule is O=C(CCNS(=O)(=O)c1ccc(Cl)cc1)NCCN1CCOCC1. The summed E-state index contributed by atoms with van der Waals surface area (Å²) in [5.74, 6) is -0.179. The number of nitrogens with zero attached hydrogens (tertiary/aromatic N) is 1. The molecule has 0 atom stereocenters. The first kappa shape index (κ1) is 19.1. The molecule has 0 unspecified atom stereocenters. The summed E-state index contributed by atoms with van der Waals surface area (Å²) in [7, 11) is -3.62. The molecule has 0 spiro atoms. The minimum Gasteiger partial charge on any atom is -0.379 e. The Morgan fingerprint density at radius 1 is 1.17 bits per heavy atom. The van der Waals surface area contributed by atoms with Crippen LogP contribution in [-0.4, -0.2) is 65.2 Å². The van der Waals surface area contributed by atoms with Crippen molar-refractivity contribution in [2.45, 2.75) is 11.3 Å². The summed E-state index contributed by atoms with van der Waals surface area (Å²) in [5, 5.41) is 3.26. The monoisotopic (exact) mass is 375 g/mol. The van der Waals surface area contributed by atoms with E-state index in [1.165, 1.54) is 24.3 Å². The fourth-order valence-corrected chi connectivity index (χ4v) is 3.42. The third-order valence-electron chi connectivity index (χ3n) is 3.62. The maximum absolute atomic E-state index is 12.0. The van der Waals surface area contributed by atoms with Gasteiger partial charge in [0.05, 0.1) is 18.1 Å². The number of carbonyl (C=O) groups excluding carboxylic acids is 1. The summed E-state index contributed by atoms with van der Waals surface area (Å²) in [4.78, 5) is 14.1. The van der Waals surface area contributed by atoms with Crippen LogP contribution in [0.25, 0.3) is 0 Å². The second-order valence-corrected chi connectivity index (χ2v) is 7.61. The van der Waals surface area contributed by atoms with Crippen LogP contribution in [0.5, 0.6) is 0 Å². The summed E-state index contributed by atoms with van der Waals surface area (Å²) < 4.78 is 31.7. The molecule has 0 radical (unpaired) electrons. The molecule has 1 amide bonds. The van der Waals surface area contributed by atoms with Crippen LogP contribution in [0.2, 0.25) is 5.02 Å². The largest absolute Gasteiger partial charge is 0.379 e. The molecule has 0 aromatic heterocycles. The predicted molar refractivity (Wildman–Crippen MR) is 91.5 cm³/mol. The Bertz CT molecular complexity index is 631. The second-order valence-electron chi connectivity index (χ2n) is 5.41. The quantitative estimate of drug-likeness (QED) is 0.689. The zero-order valence-corrected chi connectivity index (χ0v) is 14.9. The maximum Gasteiger partial charge on any atom is 0.240 e. The van der Waals surface area contributed by atoms with E-state index in [1.54, 1.807) is 0 Å². The van der Waals surface area contributed by atoms with Gasteiger partial charge in [-0.1, -0.05) is 11.6 Å². The average molecular weight is 376 g/mol. The highest BCUT2D eigenvalue weighted by atomic mass is 35.5. The lowest BCUT2D eigenvalue weighted by atomic mass is 10.4. The van der Waals surface area contributed by atoms with E-state index in [2.05, 4.69) is 14.9 Å². The van der Waals surface area contributed by atoms with Crippen LogP contribution in [0.15, 0.2) is 29.2 Å². The highest BCUT2D eigenvalue weighted by molar-refractivity contribution is 7.89. The Kier molecular flexibility index (Phi) is 7.44. The van der Waals surface area contributed by atoms with E-state index in [-0.39, 0.29) is 23.8 Å². The molecule has 0 aliphatic carbocycles. The van der Waals surface area contributed by atoms with Crippen LogP contribution in [0.4, 0.5) is 0 Å². The minimum absolute atomic E-state index is 0.0499. The molecule has 2 rings (SSSR count). The maximum atomic E-state index is 12.0. The van der Waals surface area contributed by atoms with Crippen LogP contribution in [0.3, 0.4) is 0 Å². The smallest absolute Gasteiger partial charge is 0.240 e. The van der Waals surface area contributed by atoms with Crippen LogP contribution in [-0.2, 0) is 19.6 Å². The molecule has 24 heavy (non-hydrogen) atoms. The van der Waals surface area contributed by atoms with Crippen molar-refractivity contribution in [3.8, 4) is 0 Å². The van der Waals surface area contributed by atoms with E-state index in [0.717, 1.165) is 32.8 Å². The number of ether oxygens (including phenoxy) is 1. The summed E-state index contributed by atoms with van der Waals surface area (Å²) in [6.45, 7) is 4.55. The molecular formula is C15H22ClN3O4S. The summed E-state index contributed by atoms with van der Waals surface area (Å²) in [6.07, 6.45) is 0.0932. The Hall–Kier alpha value is -1.19. The topological polar surface area (TPSA) is 87.7 Å². The van der Waals surface area contributed by atoms with Crippen LogP contribution >= 0.6 is 11.6 Å². The van der Waals surface area contributed by atoms with Gasteiger partial charge in [-0.25, -0.2) is 13.1 Å². The van der Waals surface area contributed by atoms with E-state index in [1.807, 2.05) is 0 Å². The summed E-state index contributed by atoms with van der Waals surface area (Å²) >= 11 is 5.73. The molecule has 0 bridgehead atoms. The molecule has 2 N–H and O–H groups in total. The van der Waals surface area contributed by atoms with E-state index in [4.69, 9.17) is 16.3 Å². The van der Waals surface area contributed by atoms with Crippen LogP contribution in [0, 0.1) is 0 Å². The zero-order chi connectivity index (χ0) is 17.4. The molecule has 1 heterocycles. The first-order valence-electron chi connectivity index (χ1n) is 7.79. The average Bonchev–Trinajstić information content (AvgIpc) is 2.56. The van der Waals surface area contributed by atoms with Gasteiger partial charge in [-0.2, -0.15) is 0 Å². The fraction of sp³-hybridized carbons (Fsp3) is 0.533. The van der Waals surface area contributed by atoms with Gasteiger partial charge < -0.3 is 10.1 Å². The van der Waals surface area contributed by atoms with Crippen LogP contribution in [0.1, 0.15) is 6.42 Å². The van der Waals surface area contributed by atoms with Crippen molar-refractivity contribution in [2.24, 2.45) is 0 Å². The number of hydrogen-bond donors (Lipinski definition) is 2. The summed E-state index contributed by atoms with van der Waals surface area (Å²) in [6, 6.07) is 5.86. The molecule has 1 aromatic carbocycles. The third-order valence-corrected chi connectivity index (χ3v) is 5.35. The lowest BCUT2D eigenvalue weighted by Crippen LogP contribution is -2.41. The second kappa shape index (κ2) is 9.33. The number of halogens is 1. The Morgan fingerprint density at radius 2 is 1.83 bits per heavy atom. The molecule has 7 nitrogen and oxygen atoms in total. The number of amides is 1. The number of morpholine rings is 1. The van der Waals surface area contributed by atoms with Gasteiger partial charge in [0.2, 0.25) is 15.9 Å². The molecular weight excluding hydrogens is 354 g/mol. The summed E-state index contributed by atoms with van der Waals surface area (Å²) in [5.41, 5.74) is 0. The van der Waals surface area contributed by atoms with Gasteiger partial charge in [-0.05, 0) is 24.3 Å². The van der Waals surface area contributed by atoms with Gasteiger partial charge in [-0.3, -0.25) is 9.69 Å². The van der Waals surface area contributed by atoms with Crippen molar-refractivity contribution in [1.82, 2.24) is 14.9 Å².